The molecule has 33 heavy (non-hydrogen) atoms. The minimum atomic E-state index is -0.787. The van der Waals surface area contributed by atoms with E-state index >= 15 is 0 Å². The number of carbonyl (C=O) groups is 1. The first-order chi connectivity index (χ1) is 15.8. The molecule has 0 unspecified atom stereocenters. The lowest BCUT2D eigenvalue weighted by molar-refractivity contribution is 0.0324. The standard InChI is InChI=1S/C25H32N4O4/c1-17-13-29(18(2)16-30)25(32)22-11-20(9-8-19(3)31)12-27-24(22)33-23(17)15-28(4)14-21-7-5-6-10-26-21/h5-7,10-12,17-19,23,30-31H,13-16H2,1-4H3/t17-,18-,19+,23+/m0/s1. The van der Waals surface area contributed by atoms with Crippen LogP contribution in [0, 0.1) is 17.8 Å². The lowest BCUT2D eigenvalue weighted by Gasteiger charge is -2.37. The second kappa shape index (κ2) is 11.2. The summed E-state index contributed by atoms with van der Waals surface area (Å²) >= 11 is 0. The highest BCUT2D eigenvalue weighted by Gasteiger charge is 2.34. The number of fused-ring (bicyclic) bond motifs is 1. The van der Waals surface area contributed by atoms with Crippen LogP contribution in [-0.4, -0.2) is 80.9 Å². The van der Waals surface area contributed by atoms with Gasteiger partial charge in [0.1, 0.15) is 17.8 Å². The molecule has 0 fully saturated rings. The molecule has 3 rings (SSSR count). The van der Waals surface area contributed by atoms with Crippen molar-refractivity contribution in [2.24, 2.45) is 5.92 Å². The lowest BCUT2D eigenvalue weighted by atomic mass is 10.00. The predicted octanol–water partition coefficient (Wildman–Crippen LogP) is 1.56. The maximum Gasteiger partial charge on any atom is 0.259 e. The third-order valence-electron chi connectivity index (χ3n) is 5.60. The molecule has 0 saturated heterocycles. The molecule has 0 radical (unpaired) electrons. The van der Waals surface area contributed by atoms with Gasteiger partial charge in [-0.05, 0) is 39.1 Å². The number of hydrogen-bond donors (Lipinski definition) is 2. The van der Waals surface area contributed by atoms with Crippen LogP contribution in [0.4, 0.5) is 0 Å². The molecule has 2 aromatic rings. The molecule has 0 aliphatic carbocycles. The van der Waals surface area contributed by atoms with Gasteiger partial charge in [0.25, 0.3) is 5.91 Å². The fraction of sp³-hybridized carbons (Fsp3) is 0.480. The normalized spacial score (nSPS) is 20.1. The smallest absolute Gasteiger partial charge is 0.259 e. The predicted molar refractivity (Wildman–Crippen MR) is 125 cm³/mol. The second-order valence-electron chi connectivity index (χ2n) is 8.66. The number of rotatable bonds is 6. The summed E-state index contributed by atoms with van der Waals surface area (Å²) in [4.78, 5) is 26.0. The zero-order valence-electron chi connectivity index (χ0n) is 19.6. The van der Waals surface area contributed by atoms with Crippen molar-refractivity contribution in [2.45, 2.75) is 45.6 Å². The summed E-state index contributed by atoms with van der Waals surface area (Å²) < 4.78 is 6.29. The molecule has 3 heterocycles. The van der Waals surface area contributed by atoms with Crippen molar-refractivity contribution in [3.05, 3.63) is 53.5 Å². The maximum atomic E-state index is 13.4. The zero-order chi connectivity index (χ0) is 24.0. The first-order valence-electron chi connectivity index (χ1n) is 11.1. The molecular weight excluding hydrogens is 420 g/mol. The molecular formula is C25H32N4O4. The largest absolute Gasteiger partial charge is 0.472 e. The minimum absolute atomic E-state index is 0.00112. The first-order valence-corrected chi connectivity index (χ1v) is 11.1. The van der Waals surface area contributed by atoms with Crippen LogP contribution < -0.4 is 4.74 Å². The highest BCUT2D eigenvalue weighted by atomic mass is 16.5. The summed E-state index contributed by atoms with van der Waals surface area (Å²) in [7, 11) is 2.01. The fourth-order valence-electron chi connectivity index (χ4n) is 3.72. The van der Waals surface area contributed by atoms with Gasteiger partial charge in [-0.15, -0.1) is 0 Å². The van der Waals surface area contributed by atoms with Gasteiger partial charge in [-0.2, -0.15) is 0 Å². The molecule has 4 atom stereocenters. The Morgan fingerprint density at radius 2 is 2.12 bits per heavy atom. The molecule has 1 aliphatic heterocycles. The van der Waals surface area contributed by atoms with E-state index in [1.54, 1.807) is 30.3 Å². The Balaban J connectivity index is 1.91. The SMILES string of the molecule is C[C@@H](O)C#Cc1cnc2c(c1)C(=O)N([C@@H](C)CO)C[C@H](C)[C@@H](CN(C)Cc1ccccn1)O2. The van der Waals surface area contributed by atoms with E-state index in [4.69, 9.17) is 4.74 Å². The van der Waals surface area contributed by atoms with Gasteiger partial charge in [0, 0.05) is 43.5 Å². The molecule has 176 valence electrons. The molecule has 2 aromatic heterocycles. The average molecular weight is 453 g/mol. The van der Waals surface area contributed by atoms with Crippen LogP contribution in [0.15, 0.2) is 36.7 Å². The molecule has 8 heteroatoms. The number of carbonyl (C=O) groups excluding carboxylic acids is 1. The van der Waals surface area contributed by atoms with Gasteiger partial charge in [-0.3, -0.25) is 14.7 Å². The van der Waals surface area contributed by atoms with Gasteiger partial charge in [0.15, 0.2) is 0 Å². The zero-order valence-corrected chi connectivity index (χ0v) is 19.6. The Labute approximate surface area is 195 Å². The van der Waals surface area contributed by atoms with Crippen molar-refractivity contribution < 1.29 is 19.7 Å². The van der Waals surface area contributed by atoms with Crippen LogP contribution in [0.1, 0.15) is 42.4 Å². The molecule has 0 spiro atoms. The number of likely N-dealkylation sites (N-methyl/N-ethyl adjacent to an activating group) is 1. The van der Waals surface area contributed by atoms with E-state index in [1.165, 1.54) is 0 Å². The maximum absolute atomic E-state index is 13.4. The van der Waals surface area contributed by atoms with Crippen LogP contribution in [0.5, 0.6) is 5.88 Å². The van der Waals surface area contributed by atoms with Gasteiger partial charge in [0.05, 0.1) is 18.3 Å². The summed E-state index contributed by atoms with van der Waals surface area (Å²) in [5, 5.41) is 19.2. The summed E-state index contributed by atoms with van der Waals surface area (Å²) in [5.41, 5.74) is 1.78. The van der Waals surface area contributed by atoms with Crippen LogP contribution >= 0.6 is 0 Å². The number of nitrogens with zero attached hydrogens (tertiary/aromatic N) is 4. The summed E-state index contributed by atoms with van der Waals surface area (Å²) in [6.07, 6.45) is 2.30. The number of amides is 1. The Kier molecular flexibility index (Phi) is 8.39. The first kappa shape index (κ1) is 24.6. The second-order valence-corrected chi connectivity index (χ2v) is 8.66. The van der Waals surface area contributed by atoms with E-state index in [2.05, 4.69) is 26.7 Å². The Hall–Kier alpha value is -2.99. The van der Waals surface area contributed by atoms with Crippen molar-refractivity contribution in [3.8, 4) is 17.7 Å². The Morgan fingerprint density at radius 1 is 1.33 bits per heavy atom. The summed E-state index contributed by atoms with van der Waals surface area (Å²) in [6.45, 7) is 6.99. The van der Waals surface area contributed by atoms with E-state index in [0.29, 0.717) is 30.8 Å². The van der Waals surface area contributed by atoms with E-state index in [1.807, 2.05) is 39.1 Å². The molecule has 0 saturated carbocycles. The van der Waals surface area contributed by atoms with Gasteiger partial charge in [-0.1, -0.05) is 24.8 Å². The van der Waals surface area contributed by atoms with Crippen molar-refractivity contribution in [1.29, 1.82) is 0 Å². The van der Waals surface area contributed by atoms with Gasteiger partial charge < -0.3 is 19.8 Å². The van der Waals surface area contributed by atoms with Gasteiger partial charge >= 0.3 is 0 Å². The van der Waals surface area contributed by atoms with E-state index in [0.717, 1.165) is 5.69 Å². The summed E-state index contributed by atoms with van der Waals surface area (Å²) in [6, 6.07) is 7.12. The number of hydrogen-bond acceptors (Lipinski definition) is 7. The molecule has 1 amide bonds. The number of aliphatic hydroxyl groups is 2. The molecule has 8 nitrogen and oxygen atoms in total. The molecule has 0 bridgehead atoms. The van der Waals surface area contributed by atoms with Crippen molar-refractivity contribution in [1.82, 2.24) is 19.8 Å². The van der Waals surface area contributed by atoms with Gasteiger partial charge in [-0.25, -0.2) is 4.98 Å². The number of aromatic nitrogens is 2. The van der Waals surface area contributed by atoms with E-state index in [-0.39, 0.29) is 36.5 Å². The van der Waals surface area contributed by atoms with E-state index < -0.39 is 6.10 Å². The third-order valence-corrected chi connectivity index (χ3v) is 5.60. The third kappa shape index (κ3) is 6.51. The Bertz CT molecular complexity index is 1000. The molecule has 1 aliphatic rings. The number of aliphatic hydroxyl groups excluding tert-OH is 2. The highest BCUT2D eigenvalue weighted by Crippen LogP contribution is 2.27. The molecule has 2 N–H and O–H groups in total. The van der Waals surface area contributed by atoms with Crippen LogP contribution in [0.25, 0.3) is 0 Å². The van der Waals surface area contributed by atoms with Crippen LogP contribution in [-0.2, 0) is 6.54 Å². The van der Waals surface area contributed by atoms with Crippen molar-refractivity contribution in [3.63, 3.8) is 0 Å². The van der Waals surface area contributed by atoms with Crippen LogP contribution in [0.3, 0.4) is 0 Å². The Morgan fingerprint density at radius 3 is 2.79 bits per heavy atom. The lowest BCUT2D eigenvalue weighted by Crippen LogP contribution is -2.49. The topological polar surface area (TPSA) is 99.0 Å². The fourth-order valence-corrected chi connectivity index (χ4v) is 3.72. The van der Waals surface area contributed by atoms with Gasteiger partial charge in [0.2, 0.25) is 5.88 Å². The summed E-state index contributed by atoms with van der Waals surface area (Å²) in [5.74, 6) is 5.50. The number of pyridine rings is 2. The number of ether oxygens (including phenoxy) is 1. The monoisotopic (exact) mass is 452 g/mol. The quantitative estimate of drug-likeness (QED) is 0.642. The highest BCUT2D eigenvalue weighted by molar-refractivity contribution is 5.97. The average Bonchev–Trinajstić information content (AvgIpc) is 2.80. The molecule has 0 aromatic carbocycles. The van der Waals surface area contributed by atoms with Crippen molar-refractivity contribution in [2.75, 3.05) is 26.7 Å². The minimum Gasteiger partial charge on any atom is -0.472 e. The van der Waals surface area contributed by atoms with E-state index in [9.17, 15) is 15.0 Å². The van der Waals surface area contributed by atoms with Crippen molar-refractivity contribution >= 4 is 5.91 Å². The van der Waals surface area contributed by atoms with Crippen LogP contribution in [0.2, 0.25) is 0 Å².